The molecule has 0 aliphatic carbocycles. The lowest BCUT2D eigenvalue weighted by Crippen LogP contribution is -2.43. The summed E-state index contributed by atoms with van der Waals surface area (Å²) >= 11 is 1.75. The molecule has 0 saturated heterocycles. The predicted molar refractivity (Wildman–Crippen MR) is 32.0 cm³/mol. The first-order chi connectivity index (χ1) is 4.20. The Bertz CT molecular complexity index is 231. The van der Waals surface area contributed by atoms with Crippen LogP contribution < -0.4 is 4.79 Å². The fourth-order valence-electron chi connectivity index (χ4n) is 0.285. The molecule has 0 atom stereocenters. The number of aromatic nitrogens is 4. The highest BCUT2D eigenvalue weighted by molar-refractivity contribution is 14.1. The molecule has 8 heteroatoms. The Labute approximate surface area is 62.9 Å². The van der Waals surface area contributed by atoms with E-state index in [1.807, 2.05) is 0 Å². The SMILES string of the molecule is O=[N+]([O-])[n+]1cn(I)nn1. The molecule has 0 radical (unpaired) electrons. The molecule has 0 spiro atoms. The van der Waals surface area contributed by atoms with Gasteiger partial charge in [0.25, 0.3) is 5.21 Å². The first-order valence-electron chi connectivity index (χ1n) is 1.85. The van der Waals surface area contributed by atoms with Crippen molar-refractivity contribution in [3.05, 3.63) is 16.4 Å². The summed E-state index contributed by atoms with van der Waals surface area (Å²) in [5.41, 5.74) is 0. The van der Waals surface area contributed by atoms with E-state index in [1.54, 1.807) is 22.9 Å². The largest absolute Gasteiger partial charge is 0.361 e. The number of hydrogen-bond donors (Lipinski definition) is 0. The molecule has 0 aromatic carbocycles. The second-order valence-electron chi connectivity index (χ2n) is 1.14. The zero-order valence-corrected chi connectivity index (χ0v) is 6.17. The van der Waals surface area contributed by atoms with Gasteiger partial charge in [0.2, 0.25) is 22.9 Å². The average Bonchev–Trinajstić information content (AvgIpc) is 2.14. The summed E-state index contributed by atoms with van der Waals surface area (Å²) in [6.07, 6.45) is 1.14. The lowest BCUT2D eigenvalue weighted by molar-refractivity contribution is -1.22. The number of nitro groups is 1. The second kappa shape index (κ2) is 2.21. The fourth-order valence-corrected chi connectivity index (χ4v) is 0.595. The summed E-state index contributed by atoms with van der Waals surface area (Å²) in [4.78, 5) is 10.4. The summed E-state index contributed by atoms with van der Waals surface area (Å²) in [5, 5.41) is 15.6. The molecule has 7 nitrogen and oxygen atoms in total. The van der Waals surface area contributed by atoms with Crippen molar-refractivity contribution in [3.8, 4) is 0 Å². The fraction of sp³-hybridized carbons (Fsp3) is 0. The highest BCUT2D eigenvalue weighted by Gasteiger charge is 2.14. The third kappa shape index (κ3) is 1.31. The Morgan fingerprint density at radius 2 is 2.56 bits per heavy atom. The van der Waals surface area contributed by atoms with Gasteiger partial charge in [-0.1, -0.05) is 0 Å². The summed E-state index contributed by atoms with van der Waals surface area (Å²) in [5.74, 6) is 0. The smallest absolute Gasteiger partial charge is 0.327 e. The van der Waals surface area contributed by atoms with E-state index in [-0.39, 0.29) is 0 Å². The molecule has 0 N–H and O–H groups in total. The van der Waals surface area contributed by atoms with Crippen LogP contribution in [0.2, 0.25) is 0 Å². The van der Waals surface area contributed by atoms with Crippen molar-refractivity contribution in [1.29, 1.82) is 0 Å². The van der Waals surface area contributed by atoms with Gasteiger partial charge in [-0.05, 0) is 2.90 Å². The topological polar surface area (TPSA) is 77.7 Å². The standard InChI is InChI=1S/CHIN5O2/c2-5-1-6(4-3-5)7(8)9/h1H/q+1. The van der Waals surface area contributed by atoms with Crippen LogP contribution in [0.1, 0.15) is 0 Å². The minimum absolute atomic E-state index is 0.520. The minimum Gasteiger partial charge on any atom is -0.327 e. The van der Waals surface area contributed by atoms with Gasteiger partial charge < -0.3 is 10.1 Å². The summed E-state index contributed by atoms with van der Waals surface area (Å²) in [6.45, 7) is 0. The molecule has 0 aliphatic heterocycles. The van der Waals surface area contributed by atoms with Crippen molar-refractivity contribution in [2.75, 3.05) is 0 Å². The molecule has 9 heavy (non-hydrogen) atoms. The number of halogens is 1. The highest BCUT2D eigenvalue weighted by atomic mass is 127. The van der Waals surface area contributed by atoms with Crippen LogP contribution in [-0.2, 0) is 0 Å². The van der Waals surface area contributed by atoms with Gasteiger partial charge >= 0.3 is 11.5 Å². The monoisotopic (exact) mass is 242 g/mol. The molecular weight excluding hydrogens is 241 g/mol. The van der Waals surface area contributed by atoms with Gasteiger partial charge in [0, 0.05) is 0 Å². The van der Waals surface area contributed by atoms with Crippen LogP contribution in [0.25, 0.3) is 0 Å². The van der Waals surface area contributed by atoms with E-state index < -0.39 is 5.03 Å². The number of rotatable bonds is 1. The summed E-state index contributed by atoms with van der Waals surface area (Å²) in [7, 11) is 0. The van der Waals surface area contributed by atoms with E-state index in [0.717, 1.165) is 6.33 Å². The maximum absolute atomic E-state index is 9.86. The molecule has 1 aromatic heterocycles. The van der Waals surface area contributed by atoms with Crippen LogP contribution >= 0.6 is 22.9 Å². The Morgan fingerprint density at radius 1 is 1.89 bits per heavy atom. The Kier molecular flexibility index (Phi) is 1.55. The molecule has 0 fully saturated rings. The zero-order chi connectivity index (χ0) is 6.85. The second-order valence-corrected chi connectivity index (χ2v) is 2.13. The minimum atomic E-state index is -0.678. The van der Waals surface area contributed by atoms with Crippen molar-refractivity contribution < 1.29 is 9.82 Å². The van der Waals surface area contributed by atoms with Gasteiger partial charge in [0.15, 0.2) is 4.79 Å². The maximum atomic E-state index is 9.86. The van der Waals surface area contributed by atoms with Gasteiger partial charge in [-0.15, -0.1) is 0 Å². The van der Waals surface area contributed by atoms with Crippen molar-refractivity contribution in [1.82, 2.24) is 13.3 Å². The van der Waals surface area contributed by atoms with Gasteiger partial charge in [0.1, 0.15) is 5.03 Å². The van der Waals surface area contributed by atoms with Crippen LogP contribution in [0.4, 0.5) is 0 Å². The molecule has 0 bridgehead atoms. The van der Waals surface area contributed by atoms with E-state index in [2.05, 4.69) is 10.4 Å². The lowest BCUT2D eigenvalue weighted by atomic mass is 11.4. The van der Waals surface area contributed by atoms with Gasteiger partial charge in [-0.25, -0.2) is 0 Å². The maximum Gasteiger partial charge on any atom is 0.361 e. The quantitative estimate of drug-likeness (QED) is 0.268. The van der Waals surface area contributed by atoms with E-state index in [9.17, 15) is 10.1 Å². The van der Waals surface area contributed by atoms with Crippen LogP contribution in [0, 0.1) is 10.1 Å². The number of nitrogens with zero attached hydrogens (tertiary/aromatic N) is 5. The number of tetrazole rings is 1. The Balaban J connectivity index is 2.98. The number of hydrogen-bond acceptors (Lipinski definition) is 4. The summed E-state index contributed by atoms with van der Waals surface area (Å²) in [6, 6.07) is 0. The van der Waals surface area contributed by atoms with Crippen LogP contribution in [0.5, 0.6) is 0 Å². The molecule has 0 aliphatic rings. The third-order valence-corrected chi connectivity index (χ3v) is 1.03. The first kappa shape index (κ1) is 6.32. The Morgan fingerprint density at radius 3 is 2.78 bits per heavy atom. The molecular formula is CHIN5O2+. The molecule has 0 amide bonds. The predicted octanol–water partition coefficient (Wildman–Crippen LogP) is -1.20. The lowest BCUT2D eigenvalue weighted by Gasteiger charge is -1.76. The molecule has 1 aromatic rings. The van der Waals surface area contributed by atoms with E-state index in [1.165, 1.54) is 2.90 Å². The van der Waals surface area contributed by atoms with Gasteiger partial charge in [0.05, 0.1) is 0 Å². The van der Waals surface area contributed by atoms with Crippen molar-refractivity contribution in [2.24, 2.45) is 0 Å². The average molecular weight is 242 g/mol. The van der Waals surface area contributed by atoms with E-state index >= 15 is 0 Å². The molecule has 0 unspecified atom stereocenters. The normalized spacial score (nSPS) is 9.44. The van der Waals surface area contributed by atoms with Crippen molar-refractivity contribution in [2.45, 2.75) is 0 Å². The van der Waals surface area contributed by atoms with Crippen molar-refractivity contribution in [3.63, 3.8) is 0 Å². The molecule has 1 heterocycles. The third-order valence-electron chi connectivity index (χ3n) is 0.583. The zero-order valence-electron chi connectivity index (χ0n) is 4.01. The van der Waals surface area contributed by atoms with Crippen molar-refractivity contribution >= 4 is 22.9 Å². The highest BCUT2D eigenvalue weighted by Crippen LogP contribution is 1.79. The first-order valence-corrected chi connectivity index (χ1v) is 2.82. The van der Waals surface area contributed by atoms with Gasteiger partial charge in [-0.3, -0.25) is 0 Å². The van der Waals surface area contributed by atoms with E-state index in [4.69, 9.17) is 0 Å². The van der Waals surface area contributed by atoms with Crippen LogP contribution in [0.15, 0.2) is 6.33 Å². The van der Waals surface area contributed by atoms with Crippen LogP contribution in [-0.4, -0.2) is 18.4 Å². The van der Waals surface area contributed by atoms with E-state index in [0.29, 0.717) is 4.79 Å². The van der Waals surface area contributed by atoms with Gasteiger partial charge in [-0.2, -0.15) is 0 Å². The van der Waals surface area contributed by atoms with Crippen LogP contribution in [0.3, 0.4) is 0 Å². The molecule has 0 saturated carbocycles. The molecule has 1 rings (SSSR count). The Hall–Kier alpha value is -0.800. The molecule has 48 valence electrons. The summed E-state index contributed by atoms with van der Waals surface area (Å²) < 4.78 is 1.21.